The van der Waals surface area contributed by atoms with Gasteiger partial charge in [-0.3, -0.25) is 14.5 Å². The third-order valence-corrected chi connectivity index (χ3v) is 7.71. The van der Waals surface area contributed by atoms with Gasteiger partial charge in [0.05, 0.1) is 25.7 Å². The van der Waals surface area contributed by atoms with E-state index in [9.17, 15) is 14.7 Å². The lowest BCUT2D eigenvalue weighted by atomic mass is 9.83. The number of carboxylic acid groups (broad SMARTS) is 1. The van der Waals surface area contributed by atoms with Gasteiger partial charge in [0, 0.05) is 31.6 Å². The molecule has 0 unspecified atom stereocenters. The lowest BCUT2D eigenvalue weighted by Crippen LogP contribution is -2.45. The van der Waals surface area contributed by atoms with Gasteiger partial charge in [0.2, 0.25) is 12.7 Å². The van der Waals surface area contributed by atoms with Crippen LogP contribution in [0.15, 0.2) is 18.2 Å². The fourth-order valence-electron chi connectivity index (χ4n) is 5.68. The molecule has 3 aliphatic heterocycles. The molecular formula is C28H42N2O7. The Kier molecular flexibility index (Phi) is 10.1. The van der Waals surface area contributed by atoms with Crippen LogP contribution in [0.25, 0.3) is 0 Å². The molecule has 3 heterocycles. The highest BCUT2D eigenvalue weighted by Crippen LogP contribution is 2.43. The normalized spacial score (nSPS) is 23.9. The Hall–Kier alpha value is -2.36. The highest BCUT2D eigenvalue weighted by atomic mass is 16.7. The van der Waals surface area contributed by atoms with Gasteiger partial charge in [0.1, 0.15) is 0 Å². The van der Waals surface area contributed by atoms with E-state index in [1.54, 1.807) is 0 Å². The minimum atomic E-state index is -0.845. The van der Waals surface area contributed by atoms with Crippen molar-refractivity contribution in [2.24, 2.45) is 5.92 Å². The zero-order chi connectivity index (χ0) is 26.2. The largest absolute Gasteiger partial charge is 0.481 e. The van der Waals surface area contributed by atoms with Gasteiger partial charge in [-0.2, -0.15) is 0 Å². The molecule has 4 rings (SSSR count). The summed E-state index contributed by atoms with van der Waals surface area (Å²) in [5.74, 6) is -0.378. The molecule has 0 aliphatic carbocycles. The number of hydrogen-bond acceptors (Lipinski definition) is 7. The van der Waals surface area contributed by atoms with Crippen LogP contribution in [0.3, 0.4) is 0 Å². The van der Waals surface area contributed by atoms with Crippen molar-refractivity contribution in [1.82, 2.24) is 9.80 Å². The van der Waals surface area contributed by atoms with Crippen molar-refractivity contribution in [3.8, 4) is 11.5 Å². The van der Waals surface area contributed by atoms with E-state index in [-0.39, 0.29) is 37.5 Å². The van der Waals surface area contributed by atoms with Gasteiger partial charge in [-0.05, 0) is 49.8 Å². The number of carbonyl (C=O) groups is 2. The molecule has 0 radical (unpaired) electrons. The highest BCUT2D eigenvalue weighted by Gasteiger charge is 2.47. The van der Waals surface area contributed by atoms with Crippen LogP contribution in [0.1, 0.15) is 70.3 Å². The first-order valence-electron chi connectivity index (χ1n) is 13.9. The maximum absolute atomic E-state index is 13.5. The summed E-state index contributed by atoms with van der Waals surface area (Å²) in [6.07, 6.45) is 5.71. The highest BCUT2D eigenvalue weighted by molar-refractivity contribution is 5.79. The average molecular weight is 519 g/mol. The minimum absolute atomic E-state index is 0.0764. The van der Waals surface area contributed by atoms with E-state index >= 15 is 0 Å². The third kappa shape index (κ3) is 6.94. The Balaban J connectivity index is 1.55. The van der Waals surface area contributed by atoms with Crippen LogP contribution >= 0.6 is 0 Å². The number of rotatable bonds is 13. The van der Waals surface area contributed by atoms with Crippen molar-refractivity contribution in [3.63, 3.8) is 0 Å². The molecule has 1 aromatic rings. The summed E-state index contributed by atoms with van der Waals surface area (Å²) in [6.45, 7) is 7.93. The second-order valence-corrected chi connectivity index (χ2v) is 10.3. The molecule has 3 aliphatic rings. The third-order valence-electron chi connectivity index (χ3n) is 7.71. The molecular weight excluding hydrogens is 476 g/mol. The number of carbonyl (C=O) groups excluding carboxylic acids is 1. The van der Waals surface area contributed by atoms with Gasteiger partial charge in [-0.1, -0.05) is 32.8 Å². The minimum Gasteiger partial charge on any atom is -0.481 e. The van der Waals surface area contributed by atoms with Crippen LogP contribution in [0.5, 0.6) is 11.5 Å². The Bertz CT molecular complexity index is 897. The second-order valence-electron chi connectivity index (χ2n) is 10.3. The van der Waals surface area contributed by atoms with E-state index in [1.807, 2.05) is 23.1 Å². The fourth-order valence-corrected chi connectivity index (χ4v) is 5.68. The van der Waals surface area contributed by atoms with Crippen molar-refractivity contribution in [2.75, 3.05) is 46.2 Å². The van der Waals surface area contributed by atoms with Crippen molar-refractivity contribution in [1.29, 1.82) is 0 Å². The summed E-state index contributed by atoms with van der Waals surface area (Å²) in [5, 5.41) is 10.4. The molecule has 206 valence electrons. The molecule has 0 aromatic heterocycles. The number of amides is 1. The molecule has 9 nitrogen and oxygen atoms in total. The number of likely N-dealkylation sites (tertiary alicyclic amines) is 1. The van der Waals surface area contributed by atoms with Gasteiger partial charge >= 0.3 is 5.97 Å². The predicted octanol–water partition coefficient (Wildman–Crippen LogP) is 3.86. The number of hydrogen-bond donors (Lipinski definition) is 1. The number of carboxylic acids is 1. The van der Waals surface area contributed by atoms with Crippen LogP contribution in [0.4, 0.5) is 0 Å². The quantitative estimate of drug-likeness (QED) is 0.421. The van der Waals surface area contributed by atoms with Gasteiger partial charge in [0.25, 0.3) is 0 Å². The second kappa shape index (κ2) is 13.4. The lowest BCUT2D eigenvalue weighted by Gasteiger charge is -2.31. The summed E-state index contributed by atoms with van der Waals surface area (Å²) in [4.78, 5) is 30.2. The molecule has 3 atom stereocenters. The van der Waals surface area contributed by atoms with E-state index in [2.05, 4.69) is 18.7 Å². The molecule has 0 spiro atoms. The monoisotopic (exact) mass is 518 g/mol. The summed E-state index contributed by atoms with van der Waals surface area (Å²) in [6, 6.07) is 5.37. The summed E-state index contributed by atoms with van der Waals surface area (Å²) < 4.78 is 22.5. The first-order valence-corrected chi connectivity index (χ1v) is 13.9. The lowest BCUT2D eigenvalue weighted by molar-refractivity contribution is -0.183. The van der Waals surface area contributed by atoms with Gasteiger partial charge < -0.3 is 29.0 Å². The molecule has 1 aromatic carbocycles. The zero-order valence-electron chi connectivity index (χ0n) is 22.2. The number of aliphatic carboxylic acids is 1. The van der Waals surface area contributed by atoms with E-state index in [1.165, 1.54) is 0 Å². The van der Waals surface area contributed by atoms with E-state index in [4.69, 9.17) is 18.9 Å². The molecule has 0 bridgehead atoms. The van der Waals surface area contributed by atoms with Crippen LogP contribution in [-0.4, -0.2) is 85.3 Å². The molecule has 0 saturated carbocycles. The van der Waals surface area contributed by atoms with Crippen molar-refractivity contribution < 1.29 is 33.6 Å². The molecule has 2 saturated heterocycles. The number of nitrogens with zero attached hydrogens (tertiary/aromatic N) is 2. The predicted molar refractivity (Wildman–Crippen MR) is 138 cm³/mol. The maximum Gasteiger partial charge on any atom is 0.308 e. The summed E-state index contributed by atoms with van der Waals surface area (Å²) in [7, 11) is 0. The van der Waals surface area contributed by atoms with Crippen molar-refractivity contribution in [2.45, 2.75) is 77.0 Å². The number of benzene rings is 1. The van der Waals surface area contributed by atoms with Gasteiger partial charge in [0.15, 0.2) is 17.8 Å². The summed E-state index contributed by atoms with van der Waals surface area (Å²) in [5.41, 5.74) is 0.899. The fraction of sp³-hybridized carbons (Fsp3) is 0.714. The molecule has 37 heavy (non-hydrogen) atoms. The molecule has 1 N–H and O–H groups in total. The first kappa shape index (κ1) is 27.7. The van der Waals surface area contributed by atoms with Crippen molar-refractivity contribution >= 4 is 11.9 Å². The number of fused-ring (bicyclic) bond motifs is 1. The Labute approximate surface area is 220 Å². The zero-order valence-corrected chi connectivity index (χ0v) is 22.2. The Morgan fingerprint density at radius 3 is 2.41 bits per heavy atom. The molecule has 1 amide bonds. The maximum atomic E-state index is 13.5. The first-order chi connectivity index (χ1) is 18.0. The number of unbranched alkanes of at least 4 members (excludes halogenated alkanes) is 2. The van der Waals surface area contributed by atoms with E-state index < -0.39 is 11.9 Å². The SMILES string of the molecule is CCCCN(CCCC)C(=O)CN1C[C@H](c2ccc3c(c2)OCO3)[C@@H](C(=O)O)[C@@H]1CCC1OCCCO1. The molecule has 9 heteroatoms. The smallest absolute Gasteiger partial charge is 0.308 e. The average Bonchev–Trinajstić information content (AvgIpc) is 3.52. The van der Waals surface area contributed by atoms with E-state index in [0.717, 1.165) is 50.8 Å². The number of ether oxygens (including phenoxy) is 4. The van der Waals surface area contributed by atoms with Crippen molar-refractivity contribution in [3.05, 3.63) is 23.8 Å². The van der Waals surface area contributed by atoms with Crippen LogP contribution < -0.4 is 9.47 Å². The van der Waals surface area contributed by atoms with Crippen LogP contribution in [0.2, 0.25) is 0 Å². The Morgan fingerprint density at radius 2 is 1.73 bits per heavy atom. The summed E-state index contributed by atoms with van der Waals surface area (Å²) >= 11 is 0. The molecule has 2 fully saturated rings. The van der Waals surface area contributed by atoms with Crippen LogP contribution in [-0.2, 0) is 19.1 Å². The van der Waals surface area contributed by atoms with Gasteiger partial charge in [-0.25, -0.2) is 0 Å². The van der Waals surface area contributed by atoms with E-state index in [0.29, 0.717) is 44.1 Å². The Morgan fingerprint density at radius 1 is 1.03 bits per heavy atom. The van der Waals surface area contributed by atoms with Crippen LogP contribution in [0, 0.1) is 5.92 Å². The topological polar surface area (TPSA) is 97.8 Å². The van der Waals surface area contributed by atoms with Gasteiger partial charge in [-0.15, -0.1) is 0 Å². The standard InChI is InChI=1S/C28H42N2O7/c1-3-5-12-29(13-6-4-2)25(31)18-30-17-21(20-8-10-23-24(16-20)37-19-36-23)27(28(32)33)22(30)9-11-26-34-14-7-15-35-26/h8,10,16,21-22,26-27H,3-7,9,11-15,17-19H2,1-2H3,(H,32,33)/t21-,22+,27-/m1/s1.